The topological polar surface area (TPSA) is 53.1 Å². The second-order valence-electron chi connectivity index (χ2n) is 4.86. The zero-order valence-corrected chi connectivity index (χ0v) is 11.3. The van der Waals surface area contributed by atoms with Crippen LogP contribution in [0, 0.1) is 0 Å². The fraction of sp³-hybridized carbons (Fsp3) is 0.357. The van der Waals surface area contributed by atoms with Gasteiger partial charge in [0.1, 0.15) is 5.82 Å². The molecule has 0 spiro atoms. The number of rotatable bonds is 3. The van der Waals surface area contributed by atoms with E-state index >= 15 is 0 Å². The van der Waals surface area contributed by atoms with Crippen molar-refractivity contribution in [3.05, 3.63) is 36.0 Å². The van der Waals surface area contributed by atoms with Crippen molar-refractivity contribution < 1.29 is 4.74 Å². The molecule has 4 heteroatoms. The third-order valence-electron chi connectivity index (χ3n) is 3.36. The molecular weight excluding hydrogens is 226 g/mol. The van der Waals surface area contributed by atoms with E-state index in [0.717, 1.165) is 16.7 Å². The number of hydrogen-bond acceptors (Lipinski definition) is 3. The van der Waals surface area contributed by atoms with E-state index in [-0.39, 0.29) is 5.60 Å². The number of nitrogens with zero attached hydrogens (tertiary/aromatic N) is 2. The molecule has 0 bridgehead atoms. The first-order chi connectivity index (χ1) is 8.45. The Bertz CT molecular complexity index is 558. The summed E-state index contributed by atoms with van der Waals surface area (Å²) in [5.41, 5.74) is 8.81. The molecule has 18 heavy (non-hydrogen) atoms. The van der Waals surface area contributed by atoms with Crippen molar-refractivity contribution in [1.29, 1.82) is 0 Å². The van der Waals surface area contributed by atoms with E-state index in [1.807, 2.05) is 33.0 Å². The summed E-state index contributed by atoms with van der Waals surface area (Å²) in [5.74, 6) is 0.669. The first kappa shape index (κ1) is 12.6. The number of ether oxygens (including phenoxy) is 1. The number of aryl methyl sites for hydroxylation is 1. The van der Waals surface area contributed by atoms with Crippen molar-refractivity contribution >= 4 is 5.82 Å². The molecule has 0 aliphatic carbocycles. The van der Waals surface area contributed by atoms with Gasteiger partial charge in [-0.2, -0.15) is 5.10 Å². The predicted molar refractivity (Wildman–Crippen MR) is 73.1 cm³/mol. The number of hydrogen-bond donors (Lipinski definition) is 1. The molecule has 1 heterocycles. The number of nitrogen functional groups attached to an aromatic ring is 1. The van der Waals surface area contributed by atoms with Gasteiger partial charge in [0.05, 0.1) is 11.8 Å². The van der Waals surface area contributed by atoms with Crippen LogP contribution >= 0.6 is 0 Å². The van der Waals surface area contributed by atoms with E-state index in [1.54, 1.807) is 18.0 Å². The quantitative estimate of drug-likeness (QED) is 0.904. The number of nitrogens with two attached hydrogens (primary N) is 1. The molecule has 0 unspecified atom stereocenters. The number of anilines is 1. The molecule has 2 aromatic rings. The Morgan fingerprint density at radius 1 is 1.33 bits per heavy atom. The van der Waals surface area contributed by atoms with Crippen LogP contribution in [0.2, 0.25) is 0 Å². The Labute approximate surface area is 107 Å². The van der Waals surface area contributed by atoms with Crippen LogP contribution in [0.4, 0.5) is 5.82 Å². The summed E-state index contributed by atoms with van der Waals surface area (Å²) in [5, 5.41) is 4.16. The van der Waals surface area contributed by atoms with Gasteiger partial charge in [-0.25, -0.2) is 0 Å². The molecule has 1 aromatic heterocycles. The number of aromatic nitrogens is 2. The average Bonchev–Trinajstić information content (AvgIpc) is 2.70. The van der Waals surface area contributed by atoms with Crippen LogP contribution in [0.5, 0.6) is 0 Å². The summed E-state index contributed by atoms with van der Waals surface area (Å²) in [6.45, 7) is 4.08. The summed E-state index contributed by atoms with van der Waals surface area (Å²) in [4.78, 5) is 0. The van der Waals surface area contributed by atoms with Crippen molar-refractivity contribution in [1.82, 2.24) is 9.78 Å². The second-order valence-corrected chi connectivity index (χ2v) is 4.86. The normalized spacial score (nSPS) is 11.8. The maximum Gasteiger partial charge on any atom is 0.129 e. The summed E-state index contributed by atoms with van der Waals surface area (Å²) >= 11 is 0. The highest BCUT2D eigenvalue weighted by Crippen LogP contribution is 2.30. The Hall–Kier alpha value is -1.81. The molecule has 0 aliphatic heterocycles. The monoisotopic (exact) mass is 245 g/mol. The summed E-state index contributed by atoms with van der Waals surface area (Å²) in [6.07, 6.45) is 1.79. The molecule has 4 nitrogen and oxygen atoms in total. The first-order valence-corrected chi connectivity index (χ1v) is 5.89. The zero-order chi connectivity index (χ0) is 13.3. The highest BCUT2D eigenvalue weighted by molar-refractivity contribution is 5.73. The highest BCUT2D eigenvalue weighted by Gasteiger charge is 2.20. The molecule has 0 aliphatic rings. The number of benzene rings is 1. The Morgan fingerprint density at radius 2 is 2.06 bits per heavy atom. The lowest BCUT2D eigenvalue weighted by atomic mass is 9.94. The average molecular weight is 245 g/mol. The van der Waals surface area contributed by atoms with Crippen molar-refractivity contribution in [2.75, 3.05) is 12.8 Å². The van der Waals surface area contributed by atoms with Gasteiger partial charge in [-0.05, 0) is 31.0 Å². The molecule has 0 fully saturated rings. The van der Waals surface area contributed by atoms with Crippen LogP contribution in [-0.4, -0.2) is 16.9 Å². The predicted octanol–water partition coefficient (Wildman–Crippen LogP) is 2.55. The SMILES string of the molecule is COC(C)(C)c1cccc(-c2cnn(C)c2N)c1. The molecule has 0 radical (unpaired) electrons. The van der Waals surface area contributed by atoms with Gasteiger partial charge in [-0.3, -0.25) is 4.68 Å². The lowest BCUT2D eigenvalue weighted by Crippen LogP contribution is -2.19. The van der Waals surface area contributed by atoms with E-state index in [2.05, 4.69) is 17.2 Å². The van der Waals surface area contributed by atoms with Crippen molar-refractivity contribution in [3.8, 4) is 11.1 Å². The van der Waals surface area contributed by atoms with Gasteiger partial charge in [0, 0.05) is 19.7 Å². The minimum atomic E-state index is -0.313. The third kappa shape index (κ3) is 2.11. The highest BCUT2D eigenvalue weighted by atomic mass is 16.5. The van der Waals surface area contributed by atoms with Crippen LogP contribution in [0.25, 0.3) is 11.1 Å². The van der Waals surface area contributed by atoms with Gasteiger partial charge < -0.3 is 10.5 Å². The molecule has 0 saturated carbocycles. The van der Waals surface area contributed by atoms with E-state index in [0.29, 0.717) is 5.82 Å². The van der Waals surface area contributed by atoms with Crippen molar-refractivity contribution in [2.24, 2.45) is 7.05 Å². The lowest BCUT2D eigenvalue weighted by Gasteiger charge is -2.24. The summed E-state index contributed by atoms with van der Waals surface area (Å²) in [7, 11) is 3.55. The lowest BCUT2D eigenvalue weighted by molar-refractivity contribution is 0.0192. The van der Waals surface area contributed by atoms with Gasteiger partial charge in [0.15, 0.2) is 0 Å². The summed E-state index contributed by atoms with van der Waals surface area (Å²) < 4.78 is 7.17. The fourth-order valence-corrected chi connectivity index (χ4v) is 1.85. The van der Waals surface area contributed by atoms with Gasteiger partial charge in [-0.1, -0.05) is 18.2 Å². The van der Waals surface area contributed by atoms with Gasteiger partial charge in [0.2, 0.25) is 0 Å². The smallest absolute Gasteiger partial charge is 0.129 e. The van der Waals surface area contributed by atoms with Crippen molar-refractivity contribution in [2.45, 2.75) is 19.4 Å². The van der Waals surface area contributed by atoms with Crippen LogP contribution in [-0.2, 0) is 17.4 Å². The number of methoxy groups -OCH3 is 1. The van der Waals surface area contributed by atoms with E-state index in [4.69, 9.17) is 10.5 Å². The molecule has 96 valence electrons. The van der Waals surface area contributed by atoms with Crippen LogP contribution in [0.3, 0.4) is 0 Å². The molecule has 0 atom stereocenters. The molecular formula is C14H19N3O. The van der Waals surface area contributed by atoms with Gasteiger partial charge >= 0.3 is 0 Å². The largest absolute Gasteiger partial charge is 0.383 e. The minimum Gasteiger partial charge on any atom is -0.383 e. The third-order valence-corrected chi connectivity index (χ3v) is 3.36. The van der Waals surface area contributed by atoms with E-state index in [1.165, 1.54) is 0 Å². The molecule has 0 saturated heterocycles. The standard InChI is InChI=1S/C14H19N3O/c1-14(2,18-4)11-7-5-6-10(8-11)12-9-16-17(3)13(12)15/h5-9H,15H2,1-4H3. The summed E-state index contributed by atoms with van der Waals surface area (Å²) in [6, 6.07) is 8.19. The van der Waals surface area contributed by atoms with Crippen LogP contribution in [0.1, 0.15) is 19.4 Å². The van der Waals surface area contributed by atoms with Crippen LogP contribution in [0.15, 0.2) is 30.5 Å². The van der Waals surface area contributed by atoms with Crippen LogP contribution < -0.4 is 5.73 Å². The molecule has 2 N–H and O–H groups in total. The fourth-order valence-electron chi connectivity index (χ4n) is 1.85. The molecule has 1 aromatic carbocycles. The van der Waals surface area contributed by atoms with Gasteiger partial charge in [-0.15, -0.1) is 0 Å². The van der Waals surface area contributed by atoms with E-state index in [9.17, 15) is 0 Å². The maximum absolute atomic E-state index is 6.00. The Morgan fingerprint density at radius 3 is 2.61 bits per heavy atom. The zero-order valence-electron chi connectivity index (χ0n) is 11.3. The van der Waals surface area contributed by atoms with Crippen molar-refractivity contribution in [3.63, 3.8) is 0 Å². The molecule has 2 rings (SSSR count). The van der Waals surface area contributed by atoms with E-state index < -0.39 is 0 Å². The Kier molecular flexibility index (Phi) is 3.13. The second kappa shape index (κ2) is 4.46. The molecule has 0 amide bonds. The Balaban J connectivity index is 2.48. The minimum absolute atomic E-state index is 0.313. The first-order valence-electron chi connectivity index (χ1n) is 5.89. The van der Waals surface area contributed by atoms with Gasteiger partial charge in [0.25, 0.3) is 0 Å². The maximum atomic E-state index is 6.00.